The first-order chi connectivity index (χ1) is 10.2. The van der Waals surface area contributed by atoms with Crippen LogP contribution in [0, 0.1) is 12.8 Å². The first-order valence-electron chi connectivity index (χ1n) is 7.42. The van der Waals surface area contributed by atoms with Gasteiger partial charge in [-0.25, -0.2) is 4.98 Å². The molecule has 1 aliphatic rings. The van der Waals surface area contributed by atoms with Crippen LogP contribution in [0.2, 0.25) is 0 Å². The van der Waals surface area contributed by atoms with E-state index in [1.54, 1.807) is 6.92 Å². The minimum absolute atomic E-state index is 0.207. The van der Waals surface area contributed by atoms with Gasteiger partial charge in [-0.15, -0.1) is 0 Å². The lowest BCUT2D eigenvalue weighted by Crippen LogP contribution is -2.31. The van der Waals surface area contributed by atoms with Crippen molar-refractivity contribution < 1.29 is 9.21 Å². The zero-order valence-electron chi connectivity index (χ0n) is 12.1. The molecule has 0 aliphatic heterocycles. The molecule has 0 bridgehead atoms. The van der Waals surface area contributed by atoms with Gasteiger partial charge in [0.15, 0.2) is 0 Å². The van der Waals surface area contributed by atoms with Crippen LogP contribution in [0.4, 0.5) is 0 Å². The minimum Gasteiger partial charge on any atom is -0.442 e. The van der Waals surface area contributed by atoms with Crippen molar-refractivity contribution in [3.63, 3.8) is 0 Å². The fourth-order valence-corrected chi connectivity index (χ4v) is 3.04. The molecular formula is C15H19N3O3. The van der Waals surface area contributed by atoms with Crippen LogP contribution in [-0.2, 0) is 0 Å². The van der Waals surface area contributed by atoms with Crippen LogP contribution in [-0.4, -0.2) is 22.4 Å². The van der Waals surface area contributed by atoms with E-state index in [-0.39, 0.29) is 22.6 Å². The number of nitrogens with one attached hydrogen (secondary N) is 2. The summed E-state index contributed by atoms with van der Waals surface area (Å²) < 4.78 is 5.40. The molecule has 1 aliphatic carbocycles. The number of aromatic nitrogens is 2. The van der Waals surface area contributed by atoms with Crippen molar-refractivity contribution in [1.29, 1.82) is 0 Å². The maximum Gasteiger partial charge on any atom is 0.262 e. The Labute approximate surface area is 121 Å². The second kappa shape index (κ2) is 5.71. The SMILES string of the molecule is Cc1oc2nc[nH]c(=O)c2c1C(=O)NCC1CCCCC1. The van der Waals surface area contributed by atoms with Gasteiger partial charge in [-0.3, -0.25) is 9.59 Å². The Morgan fingerprint density at radius 1 is 1.43 bits per heavy atom. The van der Waals surface area contributed by atoms with Crippen LogP contribution in [0.3, 0.4) is 0 Å². The normalized spacial score (nSPS) is 16.2. The van der Waals surface area contributed by atoms with Gasteiger partial charge in [0.05, 0.1) is 11.9 Å². The van der Waals surface area contributed by atoms with Crippen molar-refractivity contribution in [2.45, 2.75) is 39.0 Å². The molecule has 0 spiro atoms. The molecule has 112 valence electrons. The quantitative estimate of drug-likeness (QED) is 0.906. The van der Waals surface area contributed by atoms with Crippen LogP contribution in [0.5, 0.6) is 0 Å². The van der Waals surface area contributed by atoms with Gasteiger partial charge in [0.25, 0.3) is 11.5 Å². The van der Waals surface area contributed by atoms with Crippen LogP contribution in [0.1, 0.15) is 48.2 Å². The van der Waals surface area contributed by atoms with Gasteiger partial charge < -0.3 is 14.7 Å². The van der Waals surface area contributed by atoms with Crippen molar-refractivity contribution >= 4 is 17.0 Å². The molecule has 0 radical (unpaired) electrons. The lowest BCUT2D eigenvalue weighted by Gasteiger charge is -2.21. The van der Waals surface area contributed by atoms with Crippen LogP contribution < -0.4 is 10.9 Å². The lowest BCUT2D eigenvalue weighted by atomic mass is 9.89. The molecular weight excluding hydrogens is 270 g/mol. The Bertz CT molecular complexity index is 711. The van der Waals surface area contributed by atoms with E-state index in [9.17, 15) is 9.59 Å². The van der Waals surface area contributed by atoms with Gasteiger partial charge in [-0.1, -0.05) is 19.3 Å². The van der Waals surface area contributed by atoms with Crippen molar-refractivity contribution in [3.05, 3.63) is 28.0 Å². The summed E-state index contributed by atoms with van der Waals surface area (Å²) in [7, 11) is 0. The topological polar surface area (TPSA) is 88.0 Å². The van der Waals surface area contributed by atoms with E-state index in [4.69, 9.17) is 4.42 Å². The molecule has 21 heavy (non-hydrogen) atoms. The van der Waals surface area contributed by atoms with E-state index in [0.717, 1.165) is 12.8 Å². The highest BCUT2D eigenvalue weighted by Gasteiger charge is 2.22. The summed E-state index contributed by atoms with van der Waals surface area (Å²) in [5.41, 5.74) is 0.161. The molecule has 2 aromatic rings. The fourth-order valence-electron chi connectivity index (χ4n) is 3.04. The molecule has 2 heterocycles. The van der Waals surface area contributed by atoms with Crippen molar-refractivity contribution in [2.75, 3.05) is 6.54 Å². The number of hydrogen-bond donors (Lipinski definition) is 2. The Morgan fingerprint density at radius 3 is 2.95 bits per heavy atom. The second-order valence-electron chi connectivity index (χ2n) is 5.66. The summed E-state index contributed by atoms with van der Waals surface area (Å²) in [6.45, 7) is 2.33. The summed E-state index contributed by atoms with van der Waals surface area (Å²) in [5, 5.41) is 3.17. The Balaban J connectivity index is 1.81. The van der Waals surface area contributed by atoms with E-state index in [1.807, 2.05) is 0 Å². The van der Waals surface area contributed by atoms with Crippen LogP contribution in [0.15, 0.2) is 15.5 Å². The highest BCUT2D eigenvalue weighted by Crippen LogP contribution is 2.24. The summed E-state index contributed by atoms with van der Waals surface area (Å²) in [6, 6.07) is 0. The number of furan rings is 1. The number of rotatable bonds is 3. The van der Waals surface area contributed by atoms with Gasteiger partial charge >= 0.3 is 0 Å². The molecule has 2 aromatic heterocycles. The van der Waals surface area contributed by atoms with Gasteiger partial charge in [0, 0.05) is 6.54 Å². The smallest absolute Gasteiger partial charge is 0.262 e. The number of nitrogens with zero attached hydrogens (tertiary/aromatic N) is 1. The number of carbonyl (C=O) groups is 1. The average Bonchev–Trinajstić information content (AvgIpc) is 2.83. The standard InChI is InChI=1S/C15H19N3O3/c1-9-11(12-14(20)17-8-18-15(12)21-9)13(19)16-7-10-5-3-2-4-6-10/h8,10H,2-7H2,1H3,(H,16,19)(H,17,18,20). The molecule has 0 saturated heterocycles. The molecule has 2 N–H and O–H groups in total. The summed E-state index contributed by atoms with van der Waals surface area (Å²) in [6.07, 6.45) is 7.35. The van der Waals surface area contributed by atoms with E-state index in [1.165, 1.54) is 25.6 Å². The van der Waals surface area contributed by atoms with E-state index in [2.05, 4.69) is 15.3 Å². The van der Waals surface area contributed by atoms with E-state index in [0.29, 0.717) is 23.8 Å². The molecule has 6 heteroatoms. The maximum atomic E-state index is 12.4. The number of amides is 1. The molecule has 6 nitrogen and oxygen atoms in total. The number of aromatic amines is 1. The molecule has 3 rings (SSSR count). The van der Waals surface area contributed by atoms with Gasteiger partial charge in [0.2, 0.25) is 5.71 Å². The first kappa shape index (κ1) is 13.9. The summed E-state index contributed by atoms with van der Waals surface area (Å²) >= 11 is 0. The monoisotopic (exact) mass is 289 g/mol. The molecule has 0 unspecified atom stereocenters. The molecule has 1 amide bonds. The summed E-state index contributed by atoms with van der Waals surface area (Å²) in [4.78, 5) is 30.7. The fraction of sp³-hybridized carbons (Fsp3) is 0.533. The average molecular weight is 289 g/mol. The van der Waals surface area contributed by atoms with Gasteiger partial charge in [-0.05, 0) is 25.7 Å². The van der Waals surface area contributed by atoms with Crippen molar-refractivity contribution in [1.82, 2.24) is 15.3 Å². The third-order valence-electron chi connectivity index (χ3n) is 4.17. The van der Waals surface area contributed by atoms with Crippen molar-refractivity contribution in [3.8, 4) is 0 Å². The Hall–Kier alpha value is -2.11. The van der Waals surface area contributed by atoms with Crippen LogP contribution in [0.25, 0.3) is 11.1 Å². The number of aryl methyl sites for hydroxylation is 1. The number of hydrogen-bond acceptors (Lipinski definition) is 4. The molecule has 0 atom stereocenters. The predicted molar refractivity (Wildman–Crippen MR) is 78.3 cm³/mol. The number of carbonyl (C=O) groups excluding carboxylic acids is 1. The Morgan fingerprint density at radius 2 is 2.19 bits per heavy atom. The number of H-pyrrole nitrogens is 1. The third kappa shape index (κ3) is 2.70. The van der Waals surface area contributed by atoms with E-state index >= 15 is 0 Å². The third-order valence-corrected chi connectivity index (χ3v) is 4.17. The molecule has 1 fully saturated rings. The molecule has 1 saturated carbocycles. The maximum absolute atomic E-state index is 12.4. The lowest BCUT2D eigenvalue weighted by molar-refractivity contribution is 0.0943. The molecule has 0 aromatic carbocycles. The summed E-state index contributed by atoms with van der Waals surface area (Å²) in [5.74, 6) is 0.711. The van der Waals surface area contributed by atoms with Gasteiger partial charge in [-0.2, -0.15) is 0 Å². The zero-order chi connectivity index (χ0) is 14.8. The minimum atomic E-state index is -0.348. The zero-order valence-corrected chi connectivity index (χ0v) is 12.1. The van der Waals surface area contributed by atoms with Gasteiger partial charge in [0.1, 0.15) is 11.1 Å². The largest absolute Gasteiger partial charge is 0.442 e. The highest BCUT2D eigenvalue weighted by atomic mass is 16.3. The van der Waals surface area contributed by atoms with Crippen LogP contribution >= 0.6 is 0 Å². The first-order valence-corrected chi connectivity index (χ1v) is 7.42. The predicted octanol–water partition coefficient (Wildman–Crippen LogP) is 2.13. The highest BCUT2D eigenvalue weighted by molar-refractivity contribution is 6.06. The Kier molecular flexibility index (Phi) is 3.77. The van der Waals surface area contributed by atoms with Crippen molar-refractivity contribution in [2.24, 2.45) is 5.92 Å². The number of fused-ring (bicyclic) bond motifs is 1. The van der Waals surface area contributed by atoms with E-state index < -0.39 is 0 Å². The second-order valence-corrected chi connectivity index (χ2v) is 5.66.